The summed E-state index contributed by atoms with van der Waals surface area (Å²) in [4.78, 5) is 10.9. The van der Waals surface area contributed by atoms with Crippen LogP contribution in [0.15, 0.2) is 0 Å². The SMILES string of the molecule is CC(C)(C)OC(=O)NCC(=N)N. The molecule has 0 bridgehead atoms. The fourth-order valence-electron chi connectivity index (χ4n) is 0.482. The van der Waals surface area contributed by atoms with Crippen LogP contribution in [0.3, 0.4) is 0 Å². The lowest BCUT2D eigenvalue weighted by Gasteiger charge is -2.19. The van der Waals surface area contributed by atoms with Gasteiger partial charge in [0.05, 0.1) is 6.54 Å². The quantitative estimate of drug-likeness (QED) is 0.418. The van der Waals surface area contributed by atoms with Crippen molar-refractivity contribution in [2.75, 3.05) is 6.54 Å². The van der Waals surface area contributed by atoms with Crippen molar-refractivity contribution >= 4 is 11.9 Å². The molecule has 12 heavy (non-hydrogen) atoms. The fourth-order valence-corrected chi connectivity index (χ4v) is 0.482. The molecule has 0 fully saturated rings. The maximum Gasteiger partial charge on any atom is 0.408 e. The number of hydrogen-bond acceptors (Lipinski definition) is 3. The fraction of sp³-hybridized carbons (Fsp3) is 0.714. The van der Waals surface area contributed by atoms with Gasteiger partial charge in [0.1, 0.15) is 11.4 Å². The molecule has 0 aliphatic rings. The Labute approximate surface area is 71.8 Å². The second kappa shape index (κ2) is 3.94. The number of amidine groups is 1. The van der Waals surface area contributed by atoms with Crippen molar-refractivity contribution < 1.29 is 9.53 Å². The number of amides is 1. The topological polar surface area (TPSA) is 88.2 Å². The molecule has 0 saturated heterocycles. The number of alkyl carbamates (subject to hydrolysis) is 1. The third-order valence-corrected chi connectivity index (χ3v) is 0.822. The molecule has 0 saturated carbocycles. The van der Waals surface area contributed by atoms with E-state index in [4.69, 9.17) is 15.9 Å². The van der Waals surface area contributed by atoms with Crippen molar-refractivity contribution in [3.63, 3.8) is 0 Å². The predicted molar refractivity (Wildman–Crippen MR) is 46.2 cm³/mol. The molecule has 0 aromatic rings. The van der Waals surface area contributed by atoms with E-state index in [1.807, 2.05) is 0 Å². The number of ether oxygens (including phenoxy) is 1. The van der Waals surface area contributed by atoms with Crippen molar-refractivity contribution in [1.29, 1.82) is 5.41 Å². The molecule has 5 heteroatoms. The molecular weight excluding hydrogens is 158 g/mol. The molecule has 5 nitrogen and oxygen atoms in total. The molecule has 0 heterocycles. The summed E-state index contributed by atoms with van der Waals surface area (Å²) in [5.74, 6) is -0.0964. The van der Waals surface area contributed by atoms with Gasteiger partial charge in [-0.1, -0.05) is 0 Å². The molecule has 0 spiro atoms. The van der Waals surface area contributed by atoms with E-state index in [0.29, 0.717) is 0 Å². The summed E-state index contributed by atoms with van der Waals surface area (Å²) in [7, 11) is 0. The Hall–Kier alpha value is -1.26. The highest BCUT2D eigenvalue weighted by atomic mass is 16.6. The first kappa shape index (κ1) is 10.7. The highest BCUT2D eigenvalue weighted by molar-refractivity contribution is 5.82. The number of nitrogens with one attached hydrogen (secondary N) is 2. The van der Waals surface area contributed by atoms with E-state index >= 15 is 0 Å². The lowest BCUT2D eigenvalue weighted by molar-refractivity contribution is 0.0535. The number of carbonyl (C=O) groups excluding carboxylic acids is 1. The van der Waals surface area contributed by atoms with Crippen LogP contribution in [0.2, 0.25) is 0 Å². The molecule has 0 aromatic carbocycles. The zero-order chi connectivity index (χ0) is 9.78. The minimum Gasteiger partial charge on any atom is -0.444 e. The standard InChI is InChI=1S/C7H15N3O2/c1-7(2,3)12-6(11)10-4-5(8)9/h4H2,1-3H3,(H3,8,9)(H,10,11). The zero-order valence-corrected chi connectivity index (χ0v) is 7.60. The largest absolute Gasteiger partial charge is 0.444 e. The second-order valence-electron chi connectivity index (χ2n) is 3.38. The van der Waals surface area contributed by atoms with E-state index in [0.717, 1.165) is 0 Å². The minimum absolute atomic E-state index is 0.0227. The Morgan fingerprint density at radius 2 is 2.08 bits per heavy atom. The van der Waals surface area contributed by atoms with E-state index < -0.39 is 11.7 Å². The molecule has 70 valence electrons. The normalized spacial score (nSPS) is 10.6. The summed E-state index contributed by atoms with van der Waals surface area (Å²) in [5.41, 5.74) is 4.50. The van der Waals surface area contributed by atoms with E-state index in [2.05, 4.69) is 5.32 Å². The lowest BCUT2D eigenvalue weighted by atomic mass is 10.2. The van der Waals surface area contributed by atoms with E-state index in [1.165, 1.54) is 0 Å². The van der Waals surface area contributed by atoms with Crippen molar-refractivity contribution in [3.05, 3.63) is 0 Å². The highest BCUT2D eigenvalue weighted by Gasteiger charge is 2.15. The van der Waals surface area contributed by atoms with Gasteiger partial charge in [-0.05, 0) is 20.8 Å². The molecular formula is C7H15N3O2. The molecule has 0 unspecified atom stereocenters. The summed E-state index contributed by atoms with van der Waals surface area (Å²) >= 11 is 0. The third kappa shape index (κ3) is 6.85. The van der Waals surface area contributed by atoms with Crippen LogP contribution in [0.25, 0.3) is 0 Å². The maximum absolute atomic E-state index is 10.9. The maximum atomic E-state index is 10.9. The van der Waals surface area contributed by atoms with Gasteiger partial charge in [0.15, 0.2) is 0 Å². The van der Waals surface area contributed by atoms with Crippen LogP contribution in [0.4, 0.5) is 4.79 Å². The molecule has 0 aliphatic carbocycles. The smallest absolute Gasteiger partial charge is 0.408 e. The average Bonchev–Trinajstić information content (AvgIpc) is 1.79. The highest BCUT2D eigenvalue weighted by Crippen LogP contribution is 2.05. The monoisotopic (exact) mass is 173 g/mol. The number of nitrogens with two attached hydrogens (primary N) is 1. The van der Waals surface area contributed by atoms with Crippen LogP contribution < -0.4 is 11.1 Å². The van der Waals surface area contributed by atoms with Crippen molar-refractivity contribution in [2.24, 2.45) is 5.73 Å². The van der Waals surface area contributed by atoms with Gasteiger partial charge >= 0.3 is 6.09 Å². The molecule has 1 amide bonds. The Bertz CT molecular complexity index is 184. The Morgan fingerprint density at radius 3 is 2.42 bits per heavy atom. The van der Waals surface area contributed by atoms with Gasteiger partial charge in [0.25, 0.3) is 0 Å². The molecule has 4 N–H and O–H groups in total. The number of hydrogen-bond donors (Lipinski definition) is 3. The van der Waals surface area contributed by atoms with Gasteiger partial charge < -0.3 is 15.8 Å². The summed E-state index contributed by atoms with van der Waals surface area (Å²) in [6, 6.07) is 0. The first-order valence-electron chi connectivity index (χ1n) is 3.61. The summed E-state index contributed by atoms with van der Waals surface area (Å²) in [5, 5.41) is 9.15. The Balaban J connectivity index is 3.68. The molecule has 0 rings (SSSR count). The van der Waals surface area contributed by atoms with Gasteiger partial charge in [0, 0.05) is 0 Å². The van der Waals surface area contributed by atoms with Crippen LogP contribution in [-0.2, 0) is 4.74 Å². The third-order valence-electron chi connectivity index (χ3n) is 0.822. The van der Waals surface area contributed by atoms with Crippen LogP contribution in [0.1, 0.15) is 20.8 Å². The van der Waals surface area contributed by atoms with Gasteiger partial charge in [-0.15, -0.1) is 0 Å². The lowest BCUT2D eigenvalue weighted by Crippen LogP contribution is -2.37. The average molecular weight is 173 g/mol. The number of carbonyl (C=O) groups is 1. The number of rotatable bonds is 2. The first-order valence-corrected chi connectivity index (χ1v) is 3.61. The van der Waals surface area contributed by atoms with E-state index in [9.17, 15) is 4.79 Å². The zero-order valence-electron chi connectivity index (χ0n) is 7.60. The summed E-state index contributed by atoms with van der Waals surface area (Å²) in [6.07, 6.45) is -0.558. The van der Waals surface area contributed by atoms with Crippen LogP contribution in [0.5, 0.6) is 0 Å². The van der Waals surface area contributed by atoms with Gasteiger partial charge in [-0.25, -0.2) is 4.79 Å². The molecule has 0 radical (unpaired) electrons. The van der Waals surface area contributed by atoms with Gasteiger partial charge in [0.2, 0.25) is 0 Å². The molecule has 0 atom stereocenters. The molecule has 0 aliphatic heterocycles. The van der Waals surface area contributed by atoms with Crippen LogP contribution >= 0.6 is 0 Å². The predicted octanol–water partition coefficient (Wildman–Crippen LogP) is 0.447. The van der Waals surface area contributed by atoms with Gasteiger partial charge in [-0.3, -0.25) is 5.41 Å². The Morgan fingerprint density at radius 1 is 1.58 bits per heavy atom. The van der Waals surface area contributed by atoms with E-state index in [-0.39, 0.29) is 12.4 Å². The van der Waals surface area contributed by atoms with Crippen LogP contribution in [-0.4, -0.2) is 24.1 Å². The first-order chi connectivity index (χ1) is 5.31. The minimum atomic E-state index is -0.558. The van der Waals surface area contributed by atoms with E-state index in [1.54, 1.807) is 20.8 Å². The van der Waals surface area contributed by atoms with Crippen LogP contribution in [0, 0.1) is 5.41 Å². The molecule has 0 aromatic heterocycles. The van der Waals surface area contributed by atoms with Crippen molar-refractivity contribution in [2.45, 2.75) is 26.4 Å². The Kier molecular flexibility index (Phi) is 3.53. The van der Waals surface area contributed by atoms with Crippen molar-refractivity contribution in [3.8, 4) is 0 Å². The van der Waals surface area contributed by atoms with Crippen molar-refractivity contribution in [1.82, 2.24) is 5.32 Å². The summed E-state index contributed by atoms with van der Waals surface area (Å²) < 4.78 is 4.89. The summed E-state index contributed by atoms with van der Waals surface area (Å²) in [6.45, 7) is 5.32. The van der Waals surface area contributed by atoms with Gasteiger partial charge in [-0.2, -0.15) is 0 Å². The second-order valence-corrected chi connectivity index (χ2v) is 3.38.